The SMILES string of the molecule is Clc1ccc(COCCC2CCNCC2)cc1. The zero-order valence-electron chi connectivity index (χ0n) is 10.1. The van der Waals surface area contributed by atoms with Crippen LogP contribution in [0.2, 0.25) is 5.02 Å². The lowest BCUT2D eigenvalue weighted by molar-refractivity contribution is 0.103. The van der Waals surface area contributed by atoms with Gasteiger partial charge in [0.05, 0.1) is 6.61 Å². The number of nitrogens with one attached hydrogen (secondary N) is 1. The van der Waals surface area contributed by atoms with Crippen LogP contribution in [0, 0.1) is 5.92 Å². The Kier molecular flexibility index (Phi) is 5.30. The Hall–Kier alpha value is -0.570. The van der Waals surface area contributed by atoms with Crippen LogP contribution < -0.4 is 5.32 Å². The van der Waals surface area contributed by atoms with Gasteiger partial charge in [-0.1, -0.05) is 23.7 Å². The first kappa shape index (κ1) is 12.9. The standard InChI is InChI=1S/C14H20ClNO/c15-14-3-1-13(2-4-14)11-17-10-7-12-5-8-16-9-6-12/h1-4,12,16H,5-11H2. The average molecular weight is 254 g/mol. The molecule has 2 rings (SSSR count). The number of halogens is 1. The van der Waals surface area contributed by atoms with Gasteiger partial charge in [0.2, 0.25) is 0 Å². The summed E-state index contributed by atoms with van der Waals surface area (Å²) in [6.45, 7) is 3.90. The van der Waals surface area contributed by atoms with E-state index in [1.54, 1.807) is 0 Å². The maximum Gasteiger partial charge on any atom is 0.0716 e. The first-order chi connectivity index (χ1) is 8.34. The van der Waals surface area contributed by atoms with E-state index in [0.717, 1.165) is 17.5 Å². The van der Waals surface area contributed by atoms with E-state index in [1.165, 1.54) is 37.9 Å². The van der Waals surface area contributed by atoms with Crippen molar-refractivity contribution in [3.8, 4) is 0 Å². The van der Waals surface area contributed by atoms with Crippen LogP contribution >= 0.6 is 11.6 Å². The summed E-state index contributed by atoms with van der Waals surface area (Å²) in [5.41, 5.74) is 1.19. The molecule has 1 fully saturated rings. The van der Waals surface area contributed by atoms with Crippen molar-refractivity contribution in [1.29, 1.82) is 0 Å². The van der Waals surface area contributed by atoms with Gasteiger partial charge in [0.1, 0.15) is 0 Å². The minimum absolute atomic E-state index is 0.697. The van der Waals surface area contributed by atoms with Crippen LogP contribution in [0.25, 0.3) is 0 Å². The number of hydrogen-bond donors (Lipinski definition) is 1. The van der Waals surface area contributed by atoms with E-state index in [0.29, 0.717) is 6.61 Å². The molecule has 17 heavy (non-hydrogen) atoms. The second kappa shape index (κ2) is 7.00. The lowest BCUT2D eigenvalue weighted by Crippen LogP contribution is -2.28. The lowest BCUT2D eigenvalue weighted by Gasteiger charge is -2.22. The van der Waals surface area contributed by atoms with E-state index in [4.69, 9.17) is 16.3 Å². The Morgan fingerprint density at radius 2 is 1.88 bits per heavy atom. The van der Waals surface area contributed by atoms with Gasteiger partial charge in [-0.25, -0.2) is 0 Å². The van der Waals surface area contributed by atoms with E-state index < -0.39 is 0 Å². The Morgan fingerprint density at radius 1 is 1.18 bits per heavy atom. The molecule has 0 bridgehead atoms. The van der Waals surface area contributed by atoms with Gasteiger partial charge in [-0.3, -0.25) is 0 Å². The Bertz CT molecular complexity index is 319. The van der Waals surface area contributed by atoms with Gasteiger partial charge in [-0.2, -0.15) is 0 Å². The molecule has 1 aromatic carbocycles. The van der Waals surface area contributed by atoms with E-state index >= 15 is 0 Å². The number of rotatable bonds is 5. The lowest BCUT2D eigenvalue weighted by atomic mass is 9.95. The van der Waals surface area contributed by atoms with Crippen LogP contribution in [0.4, 0.5) is 0 Å². The first-order valence-electron chi connectivity index (χ1n) is 6.37. The second-order valence-electron chi connectivity index (χ2n) is 4.66. The van der Waals surface area contributed by atoms with Gasteiger partial charge >= 0.3 is 0 Å². The fraction of sp³-hybridized carbons (Fsp3) is 0.571. The normalized spacial score (nSPS) is 17.2. The van der Waals surface area contributed by atoms with Gasteiger partial charge < -0.3 is 10.1 Å². The highest BCUT2D eigenvalue weighted by Crippen LogP contribution is 2.16. The zero-order valence-corrected chi connectivity index (χ0v) is 10.9. The molecule has 1 aliphatic rings. The van der Waals surface area contributed by atoms with E-state index in [1.807, 2.05) is 24.3 Å². The summed E-state index contributed by atoms with van der Waals surface area (Å²) in [5.74, 6) is 0.849. The Labute approximate surface area is 108 Å². The highest BCUT2D eigenvalue weighted by molar-refractivity contribution is 6.30. The molecule has 0 amide bonds. The zero-order chi connectivity index (χ0) is 11.9. The molecule has 1 aromatic rings. The molecule has 1 aliphatic heterocycles. The molecular formula is C14H20ClNO. The molecule has 0 radical (unpaired) electrons. The minimum Gasteiger partial charge on any atom is -0.377 e. The molecule has 0 aromatic heterocycles. The van der Waals surface area contributed by atoms with Crippen molar-refractivity contribution in [2.75, 3.05) is 19.7 Å². The quantitative estimate of drug-likeness (QED) is 0.814. The molecule has 1 saturated heterocycles. The Balaban J connectivity index is 1.60. The number of ether oxygens (including phenoxy) is 1. The van der Waals surface area contributed by atoms with Crippen molar-refractivity contribution in [2.24, 2.45) is 5.92 Å². The third kappa shape index (κ3) is 4.66. The van der Waals surface area contributed by atoms with Crippen molar-refractivity contribution in [1.82, 2.24) is 5.32 Å². The fourth-order valence-corrected chi connectivity index (χ4v) is 2.32. The van der Waals surface area contributed by atoms with Crippen LogP contribution in [-0.2, 0) is 11.3 Å². The molecule has 1 heterocycles. The van der Waals surface area contributed by atoms with Crippen LogP contribution in [0.15, 0.2) is 24.3 Å². The molecule has 2 nitrogen and oxygen atoms in total. The molecule has 0 unspecified atom stereocenters. The maximum atomic E-state index is 5.83. The monoisotopic (exact) mass is 253 g/mol. The molecule has 1 N–H and O–H groups in total. The second-order valence-corrected chi connectivity index (χ2v) is 5.10. The van der Waals surface area contributed by atoms with Crippen molar-refractivity contribution in [3.05, 3.63) is 34.9 Å². The molecular weight excluding hydrogens is 234 g/mol. The predicted molar refractivity (Wildman–Crippen MR) is 71.3 cm³/mol. The summed E-state index contributed by atoms with van der Waals surface area (Å²) in [7, 11) is 0. The minimum atomic E-state index is 0.697. The highest BCUT2D eigenvalue weighted by atomic mass is 35.5. The summed E-state index contributed by atoms with van der Waals surface area (Å²) in [6.07, 6.45) is 3.78. The third-order valence-electron chi connectivity index (χ3n) is 3.31. The first-order valence-corrected chi connectivity index (χ1v) is 6.75. The molecule has 0 spiro atoms. The van der Waals surface area contributed by atoms with Gasteiger partial charge in [0, 0.05) is 11.6 Å². The van der Waals surface area contributed by atoms with E-state index in [2.05, 4.69) is 5.32 Å². The van der Waals surface area contributed by atoms with Crippen molar-refractivity contribution >= 4 is 11.6 Å². The van der Waals surface area contributed by atoms with Gasteiger partial charge in [-0.15, -0.1) is 0 Å². The molecule has 3 heteroatoms. The van der Waals surface area contributed by atoms with Crippen LogP contribution in [0.1, 0.15) is 24.8 Å². The number of piperidine rings is 1. The van der Waals surface area contributed by atoms with Crippen LogP contribution in [0.3, 0.4) is 0 Å². The summed E-state index contributed by atoms with van der Waals surface area (Å²) < 4.78 is 5.70. The van der Waals surface area contributed by atoms with E-state index in [-0.39, 0.29) is 0 Å². The van der Waals surface area contributed by atoms with Crippen molar-refractivity contribution in [3.63, 3.8) is 0 Å². The van der Waals surface area contributed by atoms with E-state index in [9.17, 15) is 0 Å². The summed E-state index contributed by atoms with van der Waals surface area (Å²) in [6, 6.07) is 7.86. The number of benzene rings is 1. The van der Waals surface area contributed by atoms with Crippen LogP contribution in [0.5, 0.6) is 0 Å². The summed E-state index contributed by atoms with van der Waals surface area (Å²) >= 11 is 5.83. The predicted octanol–water partition coefficient (Wildman–Crippen LogP) is 3.25. The van der Waals surface area contributed by atoms with Gasteiger partial charge in [-0.05, 0) is 56.0 Å². The fourth-order valence-electron chi connectivity index (χ4n) is 2.19. The smallest absolute Gasteiger partial charge is 0.0716 e. The average Bonchev–Trinajstić information content (AvgIpc) is 2.38. The molecule has 0 aliphatic carbocycles. The Morgan fingerprint density at radius 3 is 2.59 bits per heavy atom. The molecule has 0 atom stereocenters. The highest BCUT2D eigenvalue weighted by Gasteiger charge is 2.12. The maximum absolute atomic E-state index is 5.83. The third-order valence-corrected chi connectivity index (χ3v) is 3.56. The van der Waals surface area contributed by atoms with Crippen LogP contribution in [-0.4, -0.2) is 19.7 Å². The van der Waals surface area contributed by atoms with Gasteiger partial charge in [0.15, 0.2) is 0 Å². The summed E-state index contributed by atoms with van der Waals surface area (Å²) in [5, 5.41) is 4.16. The molecule has 94 valence electrons. The van der Waals surface area contributed by atoms with Crippen molar-refractivity contribution in [2.45, 2.75) is 25.9 Å². The largest absolute Gasteiger partial charge is 0.377 e. The topological polar surface area (TPSA) is 21.3 Å². The summed E-state index contributed by atoms with van der Waals surface area (Å²) in [4.78, 5) is 0. The van der Waals surface area contributed by atoms with Gasteiger partial charge in [0.25, 0.3) is 0 Å². The molecule has 0 saturated carbocycles. The number of hydrogen-bond acceptors (Lipinski definition) is 2. The van der Waals surface area contributed by atoms with Crippen molar-refractivity contribution < 1.29 is 4.74 Å².